The molecule has 0 rings (SSSR count). The summed E-state index contributed by atoms with van der Waals surface area (Å²) in [4.78, 5) is 0. The second-order valence-corrected chi connectivity index (χ2v) is 11.4. The summed E-state index contributed by atoms with van der Waals surface area (Å²) in [6, 6.07) is 0. The predicted molar refractivity (Wildman–Crippen MR) is 179 cm³/mol. The minimum atomic E-state index is 1.36. The lowest BCUT2D eigenvalue weighted by Gasteiger charge is -1.99. The summed E-state index contributed by atoms with van der Waals surface area (Å²) in [6.07, 6.45) is 41.4. The van der Waals surface area contributed by atoms with Crippen LogP contribution in [0.2, 0.25) is 0 Å². The van der Waals surface area contributed by atoms with Crippen molar-refractivity contribution in [1.29, 1.82) is 0 Å². The molecule has 0 aliphatic carbocycles. The van der Waals surface area contributed by atoms with Gasteiger partial charge in [0.25, 0.3) is 0 Å². The first-order valence-electron chi connectivity index (χ1n) is 18.2. The zero-order chi connectivity index (χ0) is 28.5. The van der Waals surface area contributed by atoms with Crippen LogP contribution < -0.4 is 0 Å². The van der Waals surface area contributed by atoms with Gasteiger partial charge in [0, 0.05) is 0 Å². The molecule has 0 aromatic heterocycles. The van der Waals surface area contributed by atoms with E-state index in [9.17, 15) is 0 Å². The van der Waals surface area contributed by atoms with Gasteiger partial charge in [-0.2, -0.15) is 0 Å². The fourth-order valence-corrected chi connectivity index (χ4v) is 4.30. The molecule has 0 bridgehead atoms. The van der Waals surface area contributed by atoms with E-state index in [0.717, 1.165) is 0 Å². The van der Waals surface area contributed by atoms with E-state index in [-0.39, 0.29) is 0 Å². The molecule has 0 saturated carbocycles. The lowest BCUT2D eigenvalue weighted by Crippen LogP contribution is -1.80. The highest BCUT2D eigenvalue weighted by molar-refractivity contribution is 4.46. The van der Waals surface area contributed by atoms with Gasteiger partial charge in [-0.1, -0.05) is 242 Å². The van der Waals surface area contributed by atoms with Gasteiger partial charge in [-0.25, -0.2) is 0 Å². The number of hydrogen-bond acceptors (Lipinski definition) is 0. The molecule has 0 amide bonds. The Morgan fingerprint density at radius 2 is 0.216 bits per heavy atom. The van der Waals surface area contributed by atoms with Crippen LogP contribution in [0.15, 0.2) is 0 Å². The Labute approximate surface area is 241 Å². The van der Waals surface area contributed by atoms with Gasteiger partial charge in [-0.05, 0) is 0 Å². The third-order valence-corrected chi connectivity index (χ3v) is 7.08. The molecule has 37 heavy (non-hydrogen) atoms. The van der Waals surface area contributed by atoms with Crippen molar-refractivity contribution in [2.45, 2.75) is 242 Å². The van der Waals surface area contributed by atoms with Crippen molar-refractivity contribution in [3.63, 3.8) is 0 Å². The first kappa shape index (κ1) is 44.0. The fraction of sp³-hybridized carbons (Fsp3) is 1.00. The van der Waals surface area contributed by atoms with Gasteiger partial charge < -0.3 is 0 Å². The summed E-state index contributed by atoms with van der Waals surface area (Å²) < 4.78 is 0. The van der Waals surface area contributed by atoms with Gasteiger partial charge >= 0.3 is 0 Å². The molecular formula is C37H82. The van der Waals surface area contributed by atoms with E-state index in [1.54, 1.807) is 0 Å². The quantitative estimate of drug-likeness (QED) is 0.104. The largest absolute Gasteiger partial charge is 0.0654 e. The predicted octanol–water partition coefficient (Wildman–Crippen LogP) is 15.4. The van der Waals surface area contributed by atoms with Crippen LogP contribution in [0, 0.1) is 0 Å². The van der Waals surface area contributed by atoms with Crippen LogP contribution in [0.25, 0.3) is 0 Å². The average molecular weight is 527 g/mol. The van der Waals surface area contributed by atoms with Crippen LogP contribution >= 0.6 is 0 Å². The second kappa shape index (κ2) is 52.4. The Morgan fingerprint density at radius 1 is 0.135 bits per heavy atom. The zero-order valence-corrected chi connectivity index (χ0v) is 28.5. The molecule has 0 heterocycles. The molecule has 0 unspecified atom stereocenters. The molecule has 0 heteroatoms. The zero-order valence-electron chi connectivity index (χ0n) is 28.5. The highest BCUT2D eigenvalue weighted by Crippen LogP contribution is 2.10. The Bertz CT molecular complexity index is 254. The molecule has 230 valence electrons. The minimum absolute atomic E-state index is 1.36. The lowest BCUT2D eigenvalue weighted by atomic mass is 10.1. The molecule has 0 nitrogen and oxygen atoms in total. The summed E-state index contributed by atoms with van der Waals surface area (Å²) in [6.45, 7) is 18.1. The van der Waals surface area contributed by atoms with E-state index in [1.165, 1.54) is 186 Å². The Kier molecular flexibility index (Phi) is 62.4. The molecule has 0 aromatic carbocycles. The van der Waals surface area contributed by atoms with Gasteiger partial charge in [0.05, 0.1) is 0 Å². The van der Waals surface area contributed by atoms with Gasteiger partial charge in [0.1, 0.15) is 0 Å². The summed E-state index contributed by atoms with van der Waals surface area (Å²) >= 11 is 0. The van der Waals surface area contributed by atoms with Gasteiger partial charge in [-0.3, -0.25) is 0 Å². The van der Waals surface area contributed by atoms with Crippen LogP contribution in [0.5, 0.6) is 0 Å². The molecular weight excluding hydrogens is 444 g/mol. The molecule has 0 saturated heterocycles. The van der Waals surface area contributed by atoms with Crippen molar-refractivity contribution >= 4 is 0 Å². The SMILES string of the molecule is CCCCCCC.CCCCCCCC.CCCCCCCCCC.CCCCCCCCCCCC. The van der Waals surface area contributed by atoms with Crippen LogP contribution in [-0.4, -0.2) is 0 Å². The second-order valence-electron chi connectivity index (χ2n) is 11.4. The first-order valence-corrected chi connectivity index (χ1v) is 18.2. The maximum absolute atomic E-state index is 2.28. The maximum Gasteiger partial charge on any atom is -0.0533 e. The number of hydrogen-bond donors (Lipinski definition) is 0. The molecule has 0 aliphatic rings. The highest BCUT2D eigenvalue weighted by atomic mass is 14.0. The molecule has 0 N–H and O–H groups in total. The van der Waals surface area contributed by atoms with Crippen LogP contribution in [0.1, 0.15) is 242 Å². The highest BCUT2D eigenvalue weighted by Gasteiger charge is 1.90. The number of unbranched alkanes of at least 4 members (excludes halogenated alkanes) is 25. The molecule has 0 aliphatic heterocycles. The van der Waals surface area contributed by atoms with Gasteiger partial charge in [-0.15, -0.1) is 0 Å². The van der Waals surface area contributed by atoms with Crippen molar-refractivity contribution in [2.24, 2.45) is 0 Å². The van der Waals surface area contributed by atoms with E-state index in [4.69, 9.17) is 0 Å². The van der Waals surface area contributed by atoms with E-state index in [1.807, 2.05) is 0 Å². The molecule has 0 radical (unpaired) electrons. The van der Waals surface area contributed by atoms with Crippen LogP contribution in [0.3, 0.4) is 0 Å². The lowest BCUT2D eigenvalue weighted by molar-refractivity contribution is 0.562. The van der Waals surface area contributed by atoms with Gasteiger partial charge in [0.15, 0.2) is 0 Å². The standard InChI is InChI=1S/C12H26.C10H22.C8H18.C7H16/c1-3-5-7-9-11-12-10-8-6-4-2;1-3-5-7-9-10-8-6-4-2;1-3-5-7-8-6-4-2;1-3-5-7-6-4-2/h3-12H2,1-2H3;3-10H2,1-2H3;3-8H2,1-2H3;3-7H2,1-2H3. The third-order valence-electron chi connectivity index (χ3n) is 7.08. The van der Waals surface area contributed by atoms with Crippen molar-refractivity contribution in [1.82, 2.24) is 0 Å². The number of rotatable bonds is 25. The minimum Gasteiger partial charge on any atom is -0.0654 e. The smallest absolute Gasteiger partial charge is 0.0533 e. The van der Waals surface area contributed by atoms with Crippen LogP contribution in [0.4, 0.5) is 0 Å². The topological polar surface area (TPSA) is 0 Å². The average Bonchev–Trinajstić information content (AvgIpc) is 2.92. The molecule has 0 spiro atoms. The third kappa shape index (κ3) is 66.6. The fourth-order valence-electron chi connectivity index (χ4n) is 4.30. The summed E-state index contributed by atoms with van der Waals surface area (Å²) in [5.41, 5.74) is 0. The van der Waals surface area contributed by atoms with Crippen molar-refractivity contribution in [3.8, 4) is 0 Å². The van der Waals surface area contributed by atoms with Gasteiger partial charge in [0.2, 0.25) is 0 Å². The van der Waals surface area contributed by atoms with E-state index in [0.29, 0.717) is 0 Å². The van der Waals surface area contributed by atoms with Crippen LogP contribution in [-0.2, 0) is 0 Å². The van der Waals surface area contributed by atoms with E-state index < -0.39 is 0 Å². The van der Waals surface area contributed by atoms with E-state index >= 15 is 0 Å². The molecule has 0 aromatic rings. The summed E-state index contributed by atoms with van der Waals surface area (Å²) in [7, 11) is 0. The molecule has 0 atom stereocenters. The summed E-state index contributed by atoms with van der Waals surface area (Å²) in [5, 5.41) is 0. The summed E-state index contributed by atoms with van der Waals surface area (Å²) in [5.74, 6) is 0. The maximum atomic E-state index is 2.28. The Morgan fingerprint density at radius 3 is 0.324 bits per heavy atom. The van der Waals surface area contributed by atoms with Crippen molar-refractivity contribution in [2.75, 3.05) is 0 Å². The Balaban J connectivity index is -0.000000200. The first-order chi connectivity index (χ1) is 18.2. The Hall–Kier alpha value is 0. The van der Waals surface area contributed by atoms with Crippen molar-refractivity contribution < 1.29 is 0 Å². The van der Waals surface area contributed by atoms with Crippen molar-refractivity contribution in [3.05, 3.63) is 0 Å². The van der Waals surface area contributed by atoms with E-state index in [2.05, 4.69) is 55.4 Å². The normalized spacial score (nSPS) is 10.1. The monoisotopic (exact) mass is 527 g/mol. The molecule has 0 fully saturated rings.